The first kappa shape index (κ1) is 26.3. The minimum Gasteiger partial charge on any atom is -0.431 e. The molecular weight excluding hydrogens is 487 g/mol. The minimum atomic E-state index is -4.89. The molecule has 3 heterocycles. The van der Waals surface area contributed by atoms with E-state index in [2.05, 4.69) is 25.5 Å². The van der Waals surface area contributed by atoms with Gasteiger partial charge in [-0.3, -0.25) is 9.59 Å². The van der Waals surface area contributed by atoms with Gasteiger partial charge in [0.05, 0.1) is 18.4 Å². The monoisotopic (exact) mass is 515 g/mol. The van der Waals surface area contributed by atoms with Gasteiger partial charge in [0, 0.05) is 31.1 Å². The molecule has 1 aromatic carbocycles. The van der Waals surface area contributed by atoms with Crippen LogP contribution in [0.4, 0.5) is 24.7 Å². The molecule has 1 fully saturated rings. The average molecular weight is 516 g/mol. The number of nitrogens with zero attached hydrogens (tertiary/aromatic N) is 3. The van der Waals surface area contributed by atoms with Crippen molar-refractivity contribution in [2.24, 2.45) is 0 Å². The SMILES string of the molecule is CCCC(=O)CNC1CCN(c2ccc(NC(=O)c3nc(-c4ccccc4)oc3C(F)(F)F)cn2)CC1. The van der Waals surface area contributed by atoms with Gasteiger partial charge in [-0.05, 0) is 43.5 Å². The van der Waals surface area contributed by atoms with Gasteiger partial charge < -0.3 is 20.0 Å². The summed E-state index contributed by atoms with van der Waals surface area (Å²) in [5.74, 6) is -1.88. The van der Waals surface area contributed by atoms with Crippen molar-refractivity contribution >= 4 is 23.2 Å². The summed E-state index contributed by atoms with van der Waals surface area (Å²) in [6.45, 7) is 3.86. The normalized spacial score (nSPS) is 14.5. The Morgan fingerprint density at radius 3 is 2.46 bits per heavy atom. The molecule has 8 nitrogen and oxygen atoms in total. The Hall–Kier alpha value is -3.73. The average Bonchev–Trinajstić information content (AvgIpc) is 3.36. The Balaban J connectivity index is 1.38. The second kappa shape index (κ2) is 11.5. The van der Waals surface area contributed by atoms with E-state index < -0.39 is 23.5 Å². The number of halogens is 3. The molecule has 0 spiro atoms. The highest BCUT2D eigenvalue weighted by molar-refractivity contribution is 6.04. The minimum absolute atomic E-state index is 0.216. The van der Waals surface area contributed by atoms with Crippen molar-refractivity contribution in [1.29, 1.82) is 0 Å². The van der Waals surface area contributed by atoms with Crippen molar-refractivity contribution in [2.75, 3.05) is 29.9 Å². The fourth-order valence-electron chi connectivity index (χ4n) is 4.15. The zero-order valence-electron chi connectivity index (χ0n) is 20.3. The lowest BCUT2D eigenvalue weighted by molar-refractivity contribution is -0.153. The Morgan fingerprint density at radius 1 is 1.11 bits per heavy atom. The number of hydrogen-bond donors (Lipinski definition) is 2. The lowest BCUT2D eigenvalue weighted by Crippen LogP contribution is -2.44. The third-order valence-electron chi connectivity index (χ3n) is 6.06. The van der Waals surface area contributed by atoms with Crippen LogP contribution >= 0.6 is 0 Å². The van der Waals surface area contributed by atoms with E-state index in [4.69, 9.17) is 4.42 Å². The van der Waals surface area contributed by atoms with Crippen LogP contribution in [0, 0.1) is 0 Å². The Labute approximate surface area is 212 Å². The smallest absolute Gasteiger partial charge is 0.431 e. The molecule has 0 unspecified atom stereocenters. The maximum Gasteiger partial charge on any atom is 0.452 e. The van der Waals surface area contributed by atoms with Gasteiger partial charge in [0.15, 0.2) is 5.69 Å². The van der Waals surface area contributed by atoms with E-state index in [0.29, 0.717) is 24.3 Å². The first-order valence-corrected chi connectivity index (χ1v) is 12.2. The second-order valence-corrected chi connectivity index (χ2v) is 8.85. The van der Waals surface area contributed by atoms with Crippen LogP contribution in [0.5, 0.6) is 0 Å². The maximum atomic E-state index is 13.5. The molecule has 1 amide bonds. The molecule has 1 aliphatic heterocycles. The fraction of sp³-hybridized carbons (Fsp3) is 0.385. The summed E-state index contributed by atoms with van der Waals surface area (Å²) in [7, 11) is 0. The number of aromatic nitrogens is 2. The first-order chi connectivity index (χ1) is 17.7. The van der Waals surface area contributed by atoms with Crippen LogP contribution in [0.25, 0.3) is 11.5 Å². The number of rotatable bonds is 9. The number of carbonyl (C=O) groups is 2. The van der Waals surface area contributed by atoms with E-state index in [-0.39, 0.29) is 23.4 Å². The first-order valence-electron chi connectivity index (χ1n) is 12.2. The molecule has 0 radical (unpaired) electrons. The summed E-state index contributed by atoms with van der Waals surface area (Å²) in [6.07, 6.45) is -0.351. The predicted molar refractivity (Wildman–Crippen MR) is 132 cm³/mol. The van der Waals surface area contributed by atoms with E-state index in [1.54, 1.807) is 42.5 Å². The predicted octanol–water partition coefficient (Wildman–Crippen LogP) is 4.94. The number of carbonyl (C=O) groups excluding carboxylic acids is 2. The molecule has 4 rings (SSSR count). The van der Waals surface area contributed by atoms with Gasteiger partial charge in [-0.25, -0.2) is 9.97 Å². The molecule has 11 heteroatoms. The third kappa shape index (κ3) is 6.73. The lowest BCUT2D eigenvalue weighted by atomic mass is 10.0. The van der Waals surface area contributed by atoms with Crippen LogP contribution in [-0.2, 0) is 11.0 Å². The van der Waals surface area contributed by atoms with E-state index >= 15 is 0 Å². The lowest BCUT2D eigenvalue weighted by Gasteiger charge is -2.33. The topological polar surface area (TPSA) is 100 Å². The number of ketones is 1. The number of pyridine rings is 1. The number of benzene rings is 1. The summed E-state index contributed by atoms with van der Waals surface area (Å²) in [4.78, 5) is 34.7. The number of hydrogen-bond acceptors (Lipinski definition) is 7. The van der Waals surface area contributed by atoms with E-state index in [0.717, 1.165) is 32.4 Å². The fourth-order valence-corrected chi connectivity index (χ4v) is 4.15. The maximum absolute atomic E-state index is 13.5. The molecule has 2 N–H and O–H groups in total. The number of nitrogens with one attached hydrogen (secondary N) is 2. The number of Topliss-reactive ketones (excluding diaryl/α,β-unsaturated/α-hetero) is 1. The third-order valence-corrected chi connectivity index (χ3v) is 6.06. The molecule has 1 saturated heterocycles. The summed E-state index contributed by atoms with van der Waals surface area (Å²) in [5, 5.41) is 5.74. The summed E-state index contributed by atoms with van der Waals surface area (Å²) in [5.41, 5.74) is -0.288. The van der Waals surface area contributed by atoms with Crippen molar-refractivity contribution in [3.05, 3.63) is 60.1 Å². The molecule has 0 saturated carbocycles. The van der Waals surface area contributed by atoms with Crippen molar-refractivity contribution in [2.45, 2.75) is 44.8 Å². The number of piperidine rings is 1. The molecule has 37 heavy (non-hydrogen) atoms. The van der Waals surface area contributed by atoms with Crippen molar-refractivity contribution < 1.29 is 27.2 Å². The quantitative estimate of drug-likeness (QED) is 0.417. The molecule has 0 aliphatic carbocycles. The van der Waals surface area contributed by atoms with E-state index in [1.807, 2.05) is 6.92 Å². The summed E-state index contributed by atoms with van der Waals surface area (Å²) >= 11 is 0. The van der Waals surface area contributed by atoms with Gasteiger partial charge in [0.25, 0.3) is 5.91 Å². The highest BCUT2D eigenvalue weighted by Crippen LogP contribution is 2.35. The van der Waals surface area contributed by atoms with Crippen molar-refractivity contribution in [1.82, 2.24) is 15.3 Å². The van der Waals surface area contributed by atoms with Crippen LogP contribution in [0.15, 0.2) is 53.1 Å². The second-order valence-electron chi connectivity index (χ2n) is 8.85. The molecular formula is C26H28F3N5O3. The summed E-state index contributed by atoms with van der Waals surface area (Å²) < 4.78 is 45.5. The summed E-state index contributed by atoms with van der Waals surface area (Å²) in [6, 6.07) is 11.6. The zero-order valence-corrected chi connectivity index (χ0v) is 20.3. The zero-order chi connectivity index (χ0) is 26.4. The highest BCUT2D eigenvalue weighted by Gasteiger charge is 2.42. The standard InChI is InChI=1S/C26H28F3N5O3/c1-2-6-20(35)16-30-18-11-13-34(14-12-18)21-10-9-19(15-31-21)32-24(36)22-23(26(27,28)29)37-25(33-22)17-7-4-3-5-8-17/h3-5,7-10,15,18,30H,2,6,11-14,16H2,1H3,(H,32,36). The van der Waals surface area contributed by atoms with Crippen LogP contribution in [0.3, 0.4) is 0 Å². The number of alkyl halides is 3. The van der Waals surface area contributed by atoms with Crippen molar-refractivity contribution in [3.63, 3.8) is 0 Å². The van der Waals surface area contributed by atoms with E-state index in [1.165, 1.54) is 6.20 Å². The number of amides is 1. The molecule has 0 bridgehead atoms. The van der Waals surface area contributed by atoms with Gasteiger partial charge >= 0.3 is 6.18 Å². The van der Waals surface area contributed by atoms with Gasteiger partial charge in [-0.1, -0.05) is 25.1 Å². The van der Waals surface area contributed by atoms with Crippen LogP contribution in [-0.4, -0.2) is 47.3 Å². The largest absolute Gasteiger partial charge is 0.452 e. The van der Waals surface area contributed by atoms with Crippen LogP contribution in [0.1, 0.15) is 48.9 Å². The van der Waals surface area contributed by atoms with Gasteiger partial charge in [0.1, 0.15) is 11.6 Å². The van der Waals surface area contributed by atoms with E-state index in [9.17, 15) is 22.8 Å². The molecule has 0 atom stereocenters. The van der Waals surface area contributed by atoms with Gasteiger partial charge in [-0.2, -0.15) is 13.2 Å². The highest BCUT2D eigenvalue weighted by atomic mass is 19.4. The molecule has 3 aromatic rings. The van der Waals surface area contributed by atoms with Crippen molar-refractivity contribution in [3.8, 4) is 11.5 Å². The number of anilines is 2. The molecule has 196 valence electrons. The van der Waals surface area contributed by atoms with Gasteiger partial charge in [-0.15, -0.1) is 0 Å². The number of oxazole rings is 1. The van der Waals surface area contributed by atoms with Gasteiger partial charge in [0.2, 0.25) is 11.7 Å². The Kier molecular flexibility index (Phi) is 8.22. The van der Waals surface area contributed by atoms with Crippen LogP contribution in [0.2, 0.25) is 0 Å². The van der Waals surface area contributed by atoms with Crippen LogP contribution < -0.4 is 15.5 Å². The Bertz CT molecular complexity index is 1200. The molecule has 1 aliphatic rings. The molecule has 2 aromatic heterocycles. The Morgan fingerprint density at radius 2 is 1.84 bits per heavy atom.